The lowest BCUT2D eigenvalue weighted by molar-refractivity contribution is -0.120. The summed E-state index contributed by atoms with van der Waals surface area (Å²) in [5.41, 5.74) is 5.67. The molecule has 1 aliphatic rings. The first-order valence-electron chi connectivity index (χ1n) is 7.63. The summed E-state index contributed by atoms with van der Waals surface area (Å²) in [7, 11) is 0. The Kier molecular flexibility index (Phi) is 5.12. The lowest BCUT2D eigenvalue weighted by Gasteiger charge is -2.37. The van der Waals surface area contributed by atoms with Gasteiger partial charge >= 0.3 is 0 Å². The van der Waals surface area contributed by atoms with Crippen LogP contribution < -0.4 is 16.0 Å². The van der Waals surface area contributed by atoms with Crippen LogP contribution in [-0.2, 0) is 4.79 Å². The second-order valence-corrected chi connectivity index (χ2v) is 7.32. The van der Waals surface area contributed by atoms with Gasteiger partial charge in [-0.25, -0.2) is 4.98 Å². The average molecular weight is 365 g/mol. The molecule has 1 atom stereocenters. The van der Waals surface area contributed by atoms with Gasteiger partial charge in [-0.05, 0) is 18.4 Å². The molecule has 3 heterocycles. The van der Waals surface area contributed by atoms with Crippen molar-refractivity contribution in [2.24, 2.45) is 5.73 Å². The number of nitrogens with zero attached hydrogens (tertiary/aromatic N) is 3. The summed E-state index contributed by atoms with van der Waals surface area (Å²) in [5, 5.41) is 8.07. The number of anilines is 2. The first-order chi connectivity index (χ1) is 11.6. The third-order valence-electron chi connectivity index (χ3n) is 4.10. The summed E-state index contributed by atoms with van der Waals surface area (Å²) >= 11 is 2.93. The Hall–Kier alpha value is -1.97. The lowest BCUT2D eigenvalue weighted by atomic mass is 10.2. The van der Waals surface area contributed by atoms with Gasteiger partial charge in [-0.3, -0.25) is 14.5 Å². The summed E-state index contributed by atoms with van der Waals surface area (Å²) in [5.74, 6) is -0.654. The van der Waals surface area contributed by atoms with Gasteiger partial charge in [-0.2, -0.15) is 0 Å². The number of carbonyl (C=O) groups is 2. The van der Waals surface area contributed by atoms with Crippen LogP contribution in [0.25, 0.3) is 0 Å². The molecule has 0 aliphatic carbocycles. The number of thiazole rings is 1. The quantitative estimate of drug-likeness (QED) is 0.837. The molecule has 24 heavy (non-hydrogen) atoms. The van der Waals surface area contributed by atoms with Gasteiger partial charge < -0.3 is 16.0 Å². The molecule has 0 spiro atoms. The largest absolute Gasteiger partial charge is 0.366 e. The summed E-state index contributed by atoms with van der Waals surface area (Å²) in [6.45, 7) is 5.15. The molecule has 3 N–H and O–H groups in total. The molecule has 1 saturated heterocycles. The van der Waals surface area contributed by atoms with E-state index in [0.29, 0.717) is 10.6 Å². The van der Waals surface area contributed by atoms with Crippen LogP contribution in [0.5, 0.6) is 0 Å². The maximum atomic E-state index is 12.5. The molecule has 0 unspecified atom stereocenters. The van der Waals surface area contributed by atoms with E-state index in [4.69, 9.17) is 5.73 Å². The highest BCUT2D eigenvalue weighted by Crippen LogP contribution is 2.24. The van der Waals surface area contributed by atoms with Crippen molar-refractivity contribution < 1.29 is 9.59 Å². The number of hydrogen-bond acceptors (Lipinski definition) is 7. The lowest BCUT2D eigenvalue weighted by Crippen LogP contribution is -2.52. The molecule has 1 fully saturated rings. The standard InChI is InChI=1S/C15H19N5O2S2/c1-10(13(22)18-14-11(12(16)21)2-8-23-14)19-4-6-20(7-5-19)15-17-3-9-24-15/h2-3,8-10H,4-7H2,1H3,(H2,16,21)(H,18,22)/t10-/m1/s1. The zero-order valence-corrected chi connectivity index (χ0v) is 14.9. The van der Waals surface area contributed by atoms with E-state index in [0.717, 1.165) is 31.3 Å². The summed E-state index contributed by atoms with van der Waals surface area (Å²) in [6, 6.07) is 1.35. The molecule has 2 aromatic heterocycles. The molecule has 9 heteroatoms. The van der Waals surface area contributed by atoms with Gasteiger partial charge in [0.25, 0.3) is 5.91 Å². The normalized spacial score (nSPS) is 16.8. The van der Waals surface area contributed by atoms with Crippen LogP contribution in [0.4, 0.5) is 10.1 Å². The van der Waals surface area contributed by atoms with Crippen LogP contribution >= 0.6 is 22.7 Å². The number of nitrogens with two attached hydrogens (primary N) is 1. The molecule has 0 bridgehead atoms. The van der Waals surface area contributed by atoms with E-state index >= 15 is 0 Å². The summed E-state index contributed by atoms with van der Waals surface area (Å²) in [6.07, 6.45) is 1.81. The topological polar surface area (TPSA) is 91.6 Å². The van der Waals surface area contributed by atoms with Crippen molar-refractivity contribution in [2.75, 3.05) is 36.4 Å². The third kappa shape index (κ3) is 3.58. The van der Waals surface area contributed by atoms with E-state index in [1.165, 1.54) is 11.3 Å². The number of nitrogens with one attached hydrogen (secondary N) is 1. The van der Waals surface area contributed by atoms with Crippen LogP contribution in [0.2, 0.25) is 0 Å². The maximum Gasteiger partial charge on any atom is 0.251 e. The van der Waals surface area contributed by atoms with Gasteiger partial charge in [0.15, 0.2) is 5.13 Å². The van der Waals surface area contributed by atoms with Crippen LogP contribution in [0.1, 0.15) is 17.3 Å². The maximum absolute atomic E-state index is 12.5. The van der Waals surface area contributed by atoms with Crippen molar-refractivity contribution in [2.45, 2.75) is 13.0 Å². The van der Waals surface area contributed by atoms with Crippen molar-refractivity contribution in [3.8, 4) is 0 Å². The van der Waals surface area contributed by atoms with Crippen molar-refractivity contribution in [3.63, 3.8) is 0 Å². The second-order valence-electron chi connectivity index (χ2n) is 5.53. The highest BCUT2D eigenvalue weighted by molar-refractivity contribution is 7.14. The van der Waals surface area contributed by atoms with Crippen molar-refractivity contribution >= 4 is 44.6 Å². The molecule has 1 aliphatic heterocycles. The Balaban J connectivity index is 1.56. The summed E-state index contributed by atoms with van der Waals surface area (Å²) < 4.78 is 0. The molecule has 7 nitrogen and oxygen atoms in total. The average Bonchev–Trinajstić information content (AvgIpc) is 3.26. The SMILES string of the molecule is C[C@H](C(=O)Nc1sccc1C(N)=O)N1CCN(c2nccs2)CC1. The molecule has 2 aromatic rings. The third-order valence-corrected chi connectivity index (χ3v) is 5.76. The molecular formula is C15H19N5O2S2. The second kappa shape index (κ2) is 7.29. The van der Waals surface area contributed by atoms with Crippen LogP contribution in [0.3, 0.4) is 0 Å². The number of carbonyl (C=O) groups excluding carboxylic acids is 2. The molecule has 2 amide bonds. The fraction of sp³-hybridized carbons (Fsp3) is 0.400. The van der Waals surface area contributed by atoms with Gasteiger partial charge in [0, 0.05) is 37.8 Å². The fourth-order valence-corrected chi connectivity index (χ4v) is 4.15. The van der Waals surface area contributed by atoms with Gasteiger partial charge in [-0.1, -0.05) is 0 Å². The number of rotatable bonds is 5. The minimum atomic E-state index is -0.531. The number of thiophene rings is 1. The van der Waals surface area contributed by atoms with E-state index in [1.54, 1.807) is 29.0 Å². The zero-order chi connectivity index (χ0) is 17.1. The molecule has 128 valence electrons. The smallest absolute Gasteiger partial charge is 0.251 e. The Morgan fingerprint density at radius 2 is 2.00 bits per heavy atom. The number of hydrogen-bond donors (Lipinski definition) is 2. The van der Waals surface area contributed by atoms with E-state index in [-0.39, 0.29) is 11.9 Å². The molecule has 0 aromatic carbocycles. The Morgan fingerprint density at radius 1 is 1.25 bits per heavy atom. The minimum absolute atomic E-state index is 0.123. The molecule has 0 radical (unpaired) electrons. The van der Waals surface area contributed by atoms with Crippen molar-refractivity contribution in [3.05, 3.63) is 28.6 Å². The molecular weight excluding hydrogens is 346 g/mol. The van der Waals surface area contributed by atoms with E-state index in [9.17, 15) is 9.59 Å². The van der Waals surface area contributed by atoms with Crippen molar-refractivity contribution in [1.82, 2.24) is 9.88 Å². The predicted octanol–water partition coefficient (Wildman–Crippen LogP) is 1.45. The number of primary amides is 1. The molecule has 3 rings (SSSR count). The summed E-state index contributed by atoms with van der Waals surface area (Å²) in [4.78, 5) is 32.5. The van der Waals surface area contributed by atoms with Gasteiger partial charge in [0.2, 0.25) is 5.91 Å². The number of aromatic nitrogens is 1. The zero-order valence-electron chi connectivity index (χ0n) is 13.3. The van der Waals surface area contributed by atoms with Gasteiger partial charge in [0.1, 0.15) is 5.00 Å². The van der Waals surface area contributed by atoms with E-state index < -0.39 is 5.91 Å². The first-order valence-corrected chi connectivity index (χ1v) is 9.39. The van der Waals surface area contributed by atoms with Crippen molar-refractivity contribution in [1.29, 1.82) is 0 Å². The Bertz CT molecular complexity index is 707. The first kappa shape index (κ1) is 16.9. The van der Waals surface area contributed by atoms with Gasteiger partial charge in [0.05, 0.1) is 11.6 Å². The van der Waals surface area contributed by atoms with Gasteiger partial charge in [-0.15, -0.1) is 22.7 Å². The Labute approximate surface area is 148 Å². The highest BCUT2D eigenvalue weighted by atomic mass is 32.1. The number of amides is 2. The van der Waals surface area contributed by atoms with Crippen LogP contribution in [0, 0.1) is 0 Å². The predicted molar refractivity (Wildman–Crippen MR) is 96.8 cm³/mol. The van der Waals surface area contributed by atoms with Crippen LogP contribution in [0.15, 0.2) is 23.0 Å². The van der Waals surface area contributed by atoms with E-state index in [2.05, 4.69) is 20.1 Å². The monoisotopic (exact) mass is 365 g/mol. The number of piperazine rings is 1. The molecule has 0 saturated carbocycles. The van der Waals surface area contributed by atoms with Crippen LogP contribution in [-0.4, -0.2) is 53.9 Å². The highest BCUT2D eigenvalue weighted by Gasteiger charge is 2.27. The Morgan fingerprint density at radius 3 is 2.62 bits per heavy atom. The minimum Gasteiger partial charge on any atom is -0.366 e. The van der Waals surface area contributed by atoms with E-state index in [1.807, 2.05) is 12.3 Å². The fourth-order valence-electron chi connectivity index (χ4n) is 2.65.